The van der Waals surface area contributed by atoms with Gasteiger partial charge in [-0.05, 0) is 31.5 Å². The summed E-state index contributed by atoms with van der Waals surface area (Å²) in [5.41, 5.74) is 0.865. The molecule has 21 heavy (non-hydrogen) atoms. The van der Waals surface area contributed by atoms with Crippen molar-refractivity contribution >= 4 is 11.6 Å². The largest absolute Gasteiger partial charge is 0.506 e. The molecule has 0 bridgehead atoms. The number of para-hydroxylation sites is 2. The molecule has 114 valence electrons. The van der Waals surface area contributed by atoms with Gasteiger partial charge in [0, 0.05) is 32.7 Å². The van der Waals surface area contributed by atoms with E-state index in [4.69, 9.17) is 0 Å². The number of piperazine rings is 1. The average molecular weight is 289 g/mol. The molecule has 2 saturated heterocycles. The Hall–Kier alpha value is -1.75. The molecular formula is C16H23N3O2. The first-order valence-corrected chi connectivity index (χ1v) is 7.78. The van der Waals surface area contributed by atoms with Gasteiger partial charge in [0.05, 0.1) is 11.6 Å². The maximum atomic E-state index is 12.5. The van der Waals surface area contributed by atoms with Crippen molar-refractivity contribution < 1.29 is 9.90 Å². The molecule has 1 amide bonds. The summed E-state index contributed by atoms with van der Waals surface area (Å²) in [5, 5.41) is 13.2. The summed E-state index contributed by atoms with van der Waals surface area (Å²) in [7, 11) is 0. The van der Waals surface area contributed by atoms with Crippen LogP contribution in [0.3, 0.4) is 0 Å². The van der Waals surface area contributed by atoms with Crippen LogP contribution >= 0.6 is 0 Å². The van der Waals surface area contributed by atoms with Gasteiger partial charge in [-0.3, -0.25) is 4.79 Å². The van der Waals surface area contributed by atoms with Crippen LogP contribution in [0.5, 0.6) is 5.75 Å². The predicted molar refractivity (Wildman–Crippen MR) is 82.5 cm³/mol. The van der Waals surface area contributed by atoms with E-state index in [0.717, 1.165) is 57.8 Å². The van der Waals surface area contributed by atoms with Gasteiger partial charge in [0.1, 0.15) is 5.75 Å². The molecule has 5 heteroatoms. The number of nitrogens with one attached hydrogen (secondary N) is 1. The molecule has 2 aliphatic heterocycles. The summed E-state index contributed by atoms with van der Waals surface area (Å²) in [6.07, 6.45) is 2.10. The summed E-state index contributed by atoms with van der Waals surface area (Å²) in [6, 6.07) is 7.40. The number of phenolic OH excluding ortho intramolecular Hbond substituents is 1. The summed E-state index contributed by atoms with van der Waals surface area (Å²) < 4.78 is 0. The molecule has 3 rings (SSSR count). The number of phenols is 1. The number of hydrogen-bond acceptors (Lipinski definition) is 4. The van der Waals surface area contributed by atoms with Crippen LogP contribution < -0.4 is 10.2 Å². The number of carbonyl (C=O) groups is 1. The van der Waals surface area contributed by atoms with E-state index < -0.39 is 0 Å². The fourth-order valence-electron chi connectivity index (χ4n) is 3.22. The Morgan fingerprint density at radius 3 is 2.62 bits per heavy atom. The molecule has 0 aliphatic carbocycles. The Morgan fingerprint density at radius 1 is 1.19 bits per heavy atom. The molecule has 5 nitrogen and oxygen atoms in total. The van der Waals surface area contributed by atoms with Gasteiger partial charge in [0.2, 0.25) is 5.91 Å². The average Bonchev–Trinajstić information content (AvgIpc) is 2.56. The van der Waals surface area contributed by atoms with Crippen LogP contribution in [0, 0.1) is 5.92 Å². The Balaban J connectivity index is 1.57. The highest BCUT2D eigenvalue weighted by molar-refractivity contribution is 5.79. The molecule has 0 unspecified atom stereocenters. The van der Waals surface area contributed by atoms with E-state index in [1.165, 1.54) is 0 Å². The first-order valence-electron chi connectivity index (χ1n) is 7.78. The molecule has 0 saturated carbocycles. The molecule has 2 fully saturated rings. The molecule has 2 heterocycles. The molecule has 2 aliphatic rings. The monoisotopic (exact) mass is 289 g/mol. The Kier molecular flexibility index (Phi) is 4.29. The van der Waals surface area contributed by atoms with Crippen LogP contribution in [-0.2, 0) is 4.79 Å². The fourth-order valence-corrected chi connectivity index (χ4v) is 3.22. The zero-order valence-corrected chi connectivity index (χ0v) is 12.3. The molecule has 0 radical (unpaired) electrons. The standard InChI is InChI=1S/C16H23N3O2/c20-15-6-2-1-5-14(15)18-8-10-19(11-9-18)16(21)13-4-3-7-17-12-13/h1-2,5-6,13,17,20H,3-4,7-12H2/t13-/m0/s1. The lowest BCUT2D eigenvalue weighted by atomic mass is 9.98. The van der Waals surface area contributed by atoms with E-state index in [-0.39, 0.29) is 5.92 Å². The van der Waals surface area contributed by atoms with Crippen LogP contribution in [0.4, 0.5) is 5.69 Å². The Morgan fingerprint density at radius 2 is 1.95 bits per heavy atom. The maximum absolute atomic E-state index is 12.5. The first-order chi connectivity index (χ1) is 10.3. The third-order valence-electron chi connectivity index (χ3n) is 4.46. The van der Waals surface area contributed by atoms with Crippen molar-refractivity contribution in [3.8, 4) is 5.75 Å². The second-order valence-corrected chi connectivity index (χ2v) is 5.84. The van der Waals surface area contributed by atoms with Crippen molar-refractivity contribution in [1.82, 2.24) is 10.2 Å². The van der Waals surface area contributed by atoms with Crippen LogP contribution in [0.15, 0.2) is 24.3 Å². The number of aromatic hydroxyl groups is 1. The van der Waals surface area contributed by atoms with Gasteiger partial charge >= 0.3 is 0 Å². The molecule has 0 spiro atoms. The number of anilines is 1. The van der Waals surface area contributed by atoms with Crippen LogP contribution in [-0.4, -0.2) is 55.2 Å². The molecule has 1 aromatic rings. The van der Waals surface area contributed by atoms with Crippen LogP contribution in [0.25, 0.3) is 0 Å². The minimum absolute atomic E-state index is 0.149. The minimum atomic E-state index is 0.149. The van der Waals surface area contributed by atoms with Crippen molar-refractivity contribution in [3.63, 3.8) is 0 Å². The van der Waals surface area contributed by atoms with E-state index in [9.17, 15) is 9.90 Å². The number of nitrogens with zero attached hydrogens (tertiary/aromatic N) is 2. The van der Waals surface area contributed by atoms with Crippen molar-refractivity contribution in [2.24, 2.45) is 5.92 Å². The third kappa shape index (κ3) is 3.13. The highest BCUT2D eigenvalue weighted by atomic mass is 16.3. The van der Waals surface area contributed by atoms with Gasteiger partial charge in [0.25, 0.3) is 0 Å². The quantitative estimate of drug-likeness (QED) is 0.854. The number of rotatable bonds is 2. The van der Waals surface area contributed by atoms with Crippen molar-refractivity contribution in [3.05, 3.63) is 24.3 Å². The zero-order valence-electron chi connectivity index (χ0n) is 12.3. The number of piperidine rings is 1. The summed E-state index contributed by atoms with van der Waals surface area (Å²) in [5.74, 6) is 0.753. The highest BCUT2D eigenvalue weighted by Crippen LogP contribution is 2.27. The zero-order chi connectivity index (χ0) is 14.7. The van der Waals surface area contributed by atoms with Crippen LogP contribution in [0.1, 0.15) is 12.8 Å². The summed E-state index contributed by atoms with van der Waals surface area (Å²) in [6.45, 7) is 4.89. The van der Waals surface area contributed by atoms with E-state index in [1.807, 2.05) is 23.1 Å². The fraction of sp³-hybridized carbons (Fsp3) is 0.562. The van der Waals surface area contributed by atoms with Crippen molar-refractivity contribution in [2.45, 2.75) is 12.8 Å². The number of benzene rings is 1. The van der Waals surface area contributed by atoms with E-state index in [2.05, 4.69) is 10.2 Å². The first kappa shape index (κ1) is 14.2. The van der Waals surface area contributed by atoms with Crippen molar-refractivity contribution in [1.29, 1.82) is 0 Å². The SMILES string of the molecule is O=C([C@H]1CCCNC1)N1CCN(c2ccccc2O)CC1. The topological polar surface area (TPSA) is 55.8 Å². The Labute approximate surface area is 125 Å². The summed E-state index contributed by atoms with van der Waals surface area (Å²) >= 11 is 0. The van der Waals surface area contributed by atoms with E-state index in [0.29, 0.717) is 11.7 Å². The lowest BCUT2D eigenvalue weighted by Gasteiger charge is -2.38. The second-order valence-electron chi connectivity index (χ2n) is 5.84. The van der Waals surface area contributed by atoms with E-state index >= 15 is 0 Å². The van der Waals surface area contributed by atoms with Crippen molar-refractivity contribution in [2.75, 3.05) is 44.2 Å². The highest BCUT2D eigenvalue weighted by Gasteiger charge is 2.28. The molecule has 2 N–H and O–H groups in total. The Bertz CT molecular complexity index is 492. The van der Waals surface area contributed by atoms with Crippen LogP contribution in [0.2, 0.25) is 0 Å². The number of hydrogen-bond donors (Lipinski definition) is 2. The van der Waals surface area contributed by atoms with Gasteiger partial charge in [-0.25, -0.2) is 0 Å². The smallest absolute Gasteiger partial charge is 0.227 e. The van der Waals surface area contributed by atoms with Gasteiger partial charge in [-0.15, -0.1) is 0 Å². The predicted octanol–water partition coefficient (Wildman–Crippen LogP) is 1.04. The van der Waals surface area contributed by atoms with Gasteiger partial charge < -0.3 is 20.2 Å². The minimum Gasteiger partial charge on any atom is -0.506 e. The normalized spacial score (nSPS) is 23.1. The van der Waals surface area contributed by atoms with Gasteiger partial charge in [-0.2, -0.15) is 0 Å². The number of carbonyl (C=O) groups excluding carboxylic acids is 1. The summed E-state index contributed by atoms with van der Waals surface area (Å²) in [4.78, 5) is 16.6. The molecular weight excluding hydrogens is 266 g/mol. The molecule has 1 atom stereocenters. The van der Waals surface area contributed by atoms with Gasteiger partial charge in [0.15, 0.2) is 0 Å². The van der Waals surface area contributed by atoms with Gasteiger partial charge in [-0.1, -0.05) is 12.1 Å². The number of amides is 1. The molecule has 0 aromatic heterocycles. The second kappa shape index (κ2) is 6.35. The lowest BCUT2D eigenvalue weighted by Crippen LogP contribution is -2.52. The lowest BCUT2D eigenvalue weighted by molar-refractivity contribution is -0.136. The third-order valence-corrected chi connectivity index (χ3v) is 4.46. The molecule has 1 aromatic carbocycles. The maximum Gasteiger partial charge on any atom is 0.227 e. The van der Waals surface area contributed by atoms with E-state index in [1.54, 1.807) is 6.07 Å².